The van der Waals surface area contributed by atoms with Crippen molar-refractivity contribution in [3.8, 4) is 0 Å². The molecule has 1 unspecified atom stereocenters. The van der Waals surface area contributed by atoms with Crippen LogP contribution in [0.1, 0.15) is 41.6 Å². The maximum atomic E-state index is 12.4. The monoisotopic (exact) mass is 332 g/mol. The fraction of sp³-hybridized carbons (Fsp3) is 0.286. The lowest BCUT2D eigenvalue weighted by Crippen LogP contribution is -2.37. The number of allylic oxidation sites excluding steroid dienone is 3. The lowest BCUT2D eigenvalue weighted by Gasteiger charge is -2.33. The Morgan fingerprint density at radius 2 is 2.00 bits per heavy atom. The summed E-state index contributed by atoms with van der Waals surface area (Å²) in [5.41, 5.74) is 5.12. The highest BCUT2D eigenvalue weighted by Crippen LogP contribution is 2.38. The van der Waals surface area contributed by atoms with Gasteiger partial charge in [0.05, 0.1) is 5.71 Å². The Labute approximate surface area is 147 Å². The van der Waals surface area contributed by atoms with Crippen molar-refractivity contribution in [1.29, 1.82) is 0 Å². The van der Waals surface area contributed by atoms with E-state index in [1.54, 1.807) is 6.07 Å². The first-order valence-corrected chi connectivity index (χ1v) is 8.75. The number of carbonyl (C=O) groups is 2. The average molecular weight is 332 g/mol. The lowest BCUT2D eigenvalue weighted by atomic mass is 9.77. The van der Waals surface area contributed by atoms with Crippen LogP contribution in [0, 0.1) is 12.8 Å². The number of hydrogen-bond acceptors (Lipinski definition) is 2. The second-order valence-electron chi connectivity index (χ2n) is 6.76. The van der Waals surface area contributed by atoms with E-state index in [0.29, 0.717) is 11.3 Å². The van der Waals surface area contributed by atoms with Crippen LogP contribution in [-0.4, -0.2) is 17.5 Å². The molecule has 1 N–H and O–H groups in total. The first-order chi connectivity index (χ1) is 12.1. The van der Waals surface area contributed by atoms with E-state index in [-0.39, 0.29) is 17.7 Å². The first kappa shape index (κ1) is 15.8. The van der Waals surface area contributed by atoms with Gasteiger partial charge in [0.1, 0.15) is 0 Å². The Morgan fingerprint density at radius 1 is 1.20 bits per heavy atom. The van der Waals surface area contributed by atoms with Crippen LogP contribution in [0.5, 0.6) is 0 Å². The molecular formula is C21H20N2O2. The van der Waals surface area contributed by atoms with Gasteiger partial charge < -0.3 is 5.32 Å². The molecule has 0 saturated heterocycles. The summed E-state index contributed by atoms with van der Waals surface area (Å²) in [6.07, 6.45) is 9.84. The molecule has 0 aromatic heterocycles. The van der Waals surface area contributed by atoms with Gasteiger partial charge in [-0.2, -0.15) is 0 Å². The van der Waals surface area contributed by atoms with Gasteiger partial charge >= 0.3 is 0 Å². The van der Waals surface area contributed by atoms with Crippen molar-refractivity contribution in [3.05, 3.63) is 70.5 Å². The molecule has 1 heterocycles. The summed E-state index contributed by atoms with van der Waals surface area (Å²) in [6, 6.07) is 7.42. The number of rotatable bonds is 1. The van der Waals surface area contributed by atoms with Crippen molar-refractivity contribution in [2.75, 3.05) is 0 Å². The molecule has 0 fully saturated rings. The highest BCUT2D eigenvalue weighted by atomic mass is 16.2. The molecule has 0 spiro atoms. The minimum Gasteiger partial charge on any atom is -0.325 e. The van der Waals surface area contributed by atoms with Gasteiger partial charge in [0.25, 0.3) is 11.8 Å². The standard InChI is InChI=1S/C21H20N2O2/c1-13-6-2-3-7-15(13)20(24)22-14-10-11-17-16-8-4-5-9-18(16)21(25)23-19(17)12-14/h2-3,6-7,10-12,17H,4-5,8-9H2,1H3,(H,23,25). The van der Waals surface area contributed by atoms with Gasteiger partial charge in [-0.15, -0.1) is 0 Å². The number of aliphatic imine (C=N–C) groups is 1. The molecule has 1 aliphatic heterocycles. The zero-order valence-electron chi connectivity index (χ0n) is 14.2. The third kappa shape index (κ3) is 2.88. The van der Waals surface area contributed by atoms with Crippen LogP contribution in [0.25, 0.3) is 0 Å². The topological polar surface area (TPSA) is 58.5 Å². The minimum absolute atomic E-state index is 0.0112. The number of nitrogens with zero attached hydrogens (tertiary/aromatic N) is 1. The normalized spacial score (nSPS) is 23.7. The Balaban J connectivity index is 1.64. The first-order valence-electron chi connectivity index (χ1n) is 8.75. The molecule has 1 aromatic rings. The number of amides is 2. The molecule has 3 aliphatic rings. The van der Waals surface area contributed by atoms with E-state index in [1.165, 1.54) is 5.57 Å². The van der Waals surface area contributed by atoms with E-state index in [2.05, 4.69) is 16.4 Å². The van der Waals surface area contributed by atoms with Gasteiger partial charge in [-0.3, -0.25) is 9.59 Å². The summed E-state index contributed by atoms with van der Waals surface area (Å²) in [4.78, 5) is 29.0. The Kier molecular flexibility index (Phi) is 3.96. The van der Waals surface area contributed by atoms with Crippen LogP contribution in [0.4, 0.5) is 0 Å². The van der Waals surface area contributed by atoms with Crippen molar-refractivity contribution < 1.29 is 9.59 Å². The van der Waals surface area contributed by atoms with Crippen molar-refractivity contribution in [1.82, 2.24) is 5.32 Å². The maximum absolute atomic E-state index is 12.4. The molecule has 4 heteroatoms. The van der Waals surface area contributed by atoms with Crippen LogP contribution in [0.15, 0.2) is 64.3 Å². The van der Waals surface area contributed by atoms with Gasteiger partial charge in [0.15, 0.2) is 0 Å². The number of aryl methyl sites for hydroxylation is 1. The number of fused-ring (bicyclic) bond motifs is 2. The van der Waals surface area contributed by atoms with Crippen LogP contribution < -0.4 is 5.32 Å². The van der Waals surface area contributed by atoms with Crippen molar-refractivity contribution >= 4 is 17.5 Å². The fourth-order valence-corrected chi connectivity index (χ4v) is 3.81. The quantitative estimate of drug-likeness (QED) is 0.853. The number of nitrogens with one attached hydrogen (secondary N) is 1. The molecule has 0 saturated carbocycles. The molecule has 2 amide bonds. The van der Waals surface area contributed by atoms with Crippen LogP contribution in [0.2, 0.25) is 0 Å². The van der Waals surface area contributed by atoms with Gasteiger partial charge in [-0.1, -0.05) is 24.3 Å². The van der Waals surface area contributed by atoms with E-state index in [0.717, 1.165) is 42.5 Å². The number of hydrogen-bond donors (Lipinski definition) is 1. The van der Waals surface area contributed by atoms with E-state index >= 15 is 0 Å². The summed E-state index contributed by atoms with van der Waals surface area (Å²) in [5, 5.41) is 2.99. The summed E-state index contributed by atoms with van der Waals surface area (Å²) in [7, 11) is 0. The molecule has 1 aromatic carbocycles. The fourth-order valence-electron chi connectivity index (χ4n) is 3.81. The van der Waals surface area contributed by atoms with Crippen molar-refractivity contribution in [3.63, 3.8) is 0 Å². The zero-order chi connectivity index (χ0) is 17.4. The second-order valence-corrected chi connectivity index (χ2v) is 6.76. The molecule has 0 radical (unpaired) electrons. The lowest BCUT2D eigenvalue weighted by molar-refractivity contribution is -0.117. The summed E-state index contributed by atoms with van der Waals surface area (Å²) >= 11 is 0. The Bertz CT molecular complexity index is 887. The summed E-state index contributed by atoms with van der Waals surface area (Å²) < 4.78 is 0. The van der Waals surface area contributed by atoms with Crippen LogP contribution >= 0.6 is 0 Å². The smallest absolute Gasteiger partial charge is 0.277 e. The molecular weight excluding hydrogens is 312 g/mol. The van der Waals surface area contributed by atoms with Gasteiger partial charge in [0.2, 0.25) is 0 Å². The van der Waals surface area contributed by atoms with E-state index in [1.807, 2.05) is 37.3 Å². The number of carbonyl (C=O) groups excluding carboxylic acids is 2. The molecule has 2 aliphatic carbocycles. The molecule has 25 heavy (non-hydrogen) atoms. The Hall–Kier alpha value is -2.75. The van der Waals surface area contributed by atoms with E-state index in [9.17, 15) is 9.59 Å². The predicted molar refractivity (Wildman–Crippen MR) is 97.3 cm³/mol. The van der Waals surface area contributed by atoms with E-state index in [4.69, 9.17) is 0 Å². The molecule has 126 valence electrons. The average Bonchev–Trinajstić information content (AvgIpc) is 2.62. The molecule has 1 atom stereocenters. The summed E-state index contributed by atoms with van der Waals surface area (Å²) in [5.74, 6) is -0.120. The maximum Gasteiger partial charge on any atom is 0.277 e. The van der Waals surface area contributed by atoms with Crippen molar-refractivity contribution in [2.24, 2.45) is 10.9 Å². The van der Waals surface area contributed by atoms with Crippen molar-refractivity contribution in [2.45, 2.75) is 32.6 Å². The second kappa shape index (κ2) is 6.28. The Morgan fingerprint density at radius 3 is 2.84 bits per heavy atom. The van der Waals surface area contributed by atoms with Gasteiger partial charge in [0, 0.05) is 22.8 Å². The zero-order valence-corrected chi connectivity index (χ0v) is 14.2. The highest BCUT2D eigenvalue weighted by Gasteiger charge is 2.33. The number of benzene rings is 1. The van der Waals surface area contributed by atoms with Gasteiger partial charge in [-0.25, -0.2) is 4.99 Å². The van der Waals surface area contributed by atoms with E-state index < -0.39 is 0 Å². The third-order valence-electron chi connectivity index (χ3n) is 5.12. The highest BCUT2D eigenvalue weighted by molar-refractivity contribution is 6.14. The largest absolute Gasteiger partial charge is 0.325 e. The minimum atomic E-state index is -0.257. The molecule has 0 bridgehead atoms. The van der Waals surface area contributed by atoms with Crippen LogP contribution in [-0.2, 0) is 4.79 Å². The molecule has 4 nitrogen and oxygen atoms in total. The molecule has 4 rings (SSSR count). The summed E-state index contributed by atoms with van der Waals surface area (Å²) in [6.45, 7) is 1.90. The SMILES string of the molecule is Cc1ccccc1C(=O)N=C1C=CC2C(=C1)NC(=O)C1=C2CCCC1. The van der Waals surface area contributed by atoms with Gasteiger partial charge in [-0.05, 0) is 62.0 Å². The van der Waals surface area contributed by atoms with Crippen LogP contribution in [0.3, 0.4) is 0 Å². The predicted octanol–water partition coefficient (Wildman–Crippen LogP) is 3.65. The third-order valence-corrected chi connectivity index (χ3v) is 5.12.